The van der Waals surface area contributed by atoms with Crippen LogP contribution in [0.1, 0.15) is 33.3 Å². The van der Waals surface area contributed by atoms with E-state index in [1.54, 1.807) is 12.1 Å². The topological polar surface area (TPSA) is 51.2 Å². The van der Waals surface area contributed by atoms with Gasteiger partial charge in [0.05, 0.1) is 4.90 Å². The molecular formula is C12H16O3S. The summed E-state index contributed by atoms with van der Waals surface area (Å²) in [6, 6.07) is 6.46. The summed E-state index contributed by atoms with van der Waals surface area (Å²) < 4.78 is 23.1. The second kappa shape index (κ2) is 4.01. The van der Waals surface area contributed by atoms with Crippen molar-refractivity contribution < 1.29 is 13.2 Å². The van der Waals surface area contributed by atoms with Crippen molar-refractivity contribution in [1.82, 2.24) is 0 Å². The Kier molecular flexibility index (Phi) is 3.24. The Morgan fingerprint density at radius 3 is 1.81 bits per heavy atom. The zero-order valence-corrected chi connectivity index (χ0v) is 10.8. The Morgan fingerprint density at radius 1 is 1.06 bits per heavy atom. The third-order valence-corrected chi connectivity index (χ3v) is 4.06. The van der Waals surface area contributed by atoms with E-state index in [1.165, 1.54) is 12.1 Å². The van der Waals surface area contributed by atoms with Crippen LogP contribution in [0, 0.1) is 0 Å². The van der Waals surface area contributed by atoms with E-state index in [4.69, 9.17) is 0 Å². The molecule has 0 spiro atoms. The average Bonchev–Trinajstić information content (AvgIpc) is 2.16. The highest BCUT2D eigenvalue weighted by Gasteiger charge is 2.21. The standard InChI is InChI=1S/C12H16O3S/c1-9(13)16(14,15)11-7-5-10(6-8-11)12(2,3)4/h5-8H,1-4H3. The first-order valence-corrected chi connectivity index (χ1v) is 6.50. The van der Waals surface area contributed by atoms with Crippen molar-refractivity contribution in [3.63, 3.8) is 0 Å². The third kappa shape index (κ3) is 2.50. The molecule has 0 saturated heterocycles. The molecule has 0 heterocycles. The zero-order valence-electron chi connectivity index (χ0n) is 9.94. The van der Waals surface area contributed by atoms with Gasteiger partial charge in [-0.15, -0.1) is 0 Å². The Bertz CT molecular complexity index is 490. The molecule has 0 amide bonds. The minimum atomic E-state index is -3.78. The second-order valence-electron chi connectivity index (χ2n) is 4.77. The van der Waals surface area contributed by atoms with Crippen LogP contribution < -0.4 is 0 Å². The highest BCUT2D eigenvalue weighted by molar-refractivity contribution is 8.06. The lowest BCUT2D eigenvalue weighted by Crippen LogP contribution is -2.13. The molecule has 0 saturated carbocycles. The number of hydrogen-bond donors (Lipinski definition) is 0. The van der Waals surface area contributed by atoms with Gasteiger partial charge in [-0.25, -0.2) is 8.42 Å². The maximum Gasteiger partial charge on any atom is 0.248 e. The highest BCUT2D eigenvalue weighted by atomic mass is 32.2. The molecule has 3 nitrogen and oxygen atoms in total. The Hall–Kier alpha value is -1.16. The van der Waals surface area contributed by atoms with Gasteiger partial charge in [0.15, 0.2) is 0 Å². The molecule has 0 aliphatic carbocycles. The van der Waals surface area contributed by atoms with Crippen molar-refractivity contribution >= 4 is 15.0 Å². The minimum Gasteiger partial charge on any atom is -0.282 e. The molecule has 0 atom stereocenters. The van der Waals surface area contributed by atoms with Gasteiger partial charge < -0.3 is 0 Å². The fourth-order valence-electron chi connectivity index (χ4n) is 1.30. The first-order chi connectivity index (χ1) is 7.15. The summed E-state index contributed by atoms with van der Waals surface area (Å²) in [4.78, 5) is 11.0. The van der Waals surface area contributed by atoms with E-state index in [0.717, 1.165) is 12.5 Å². The highest BCUT2D eigenvalue weighted by Crippen LogP contribution is 2.23. The smallest absolute Gasteiger partial charge is 0.248 e. The Balaban J connectivity index is 3.20. The van der Waals surface area contributed by atoms with Crippen molar-refractivity contribution in [2.24, 2.45) is 0 Å². The molecule has 0 radical (unpaired) electrons. The SMILES string of the molecule is CC(=O)S(=O)(=O)c1ccc(C(C)(C)C)cc1. The number of rotatable bonds is 1. The normalized spacial score (nSPS) is 12.5. The average molecular weight is 240 g/mol. The Morgan fingerprint density at radius 2 is 1.50 bits per heavy atom. The molecule has 16 heavy (non-hydrogen) atoms. The number of carbonyl (C=O) groups excluding carboxylic acids is 1. The van der Waals surface area contributed by atoms with Gasteiger partial charge in [0.25, 0.3) is 0 Å². The minimum absolute atomic E-state index is 0.0293. The van der Waals surface area contributed by atoms with Crippen LogP contribution in [0.5, 0.6) is 0 Å². The number of sulfone groups is 1. The lowest BCUT2D eigenvalue weighted by molar-refractivity contribution is -0.109. The van der Waals surface area contributed by atoms with Crippen LogP contribution in [-0.4, -0.2) is 13.5 Å². The van der Waals surface area contributed by atoms with Gasteiger partial charge in [-0.1, -0.05) is 32.9 Å². The van der Waals surface area contributed by atoms with E-state index < -0.39 is 15.0 Å². The van der Waals surface area contributed by atoms with Gasteiger partial charge in [-0.2, -0.15) is 0 Å². The fourth-order valence-corrected chi connectivity index (χ4v) is 2.13. The van der Waals surface area contributed by atoms with Gasteiger partial charge in [-0.3, -0.25) is 4.79 Å². The predicted molar refractivity (Wildman–Crippen MR) is 63.0 cm³/mol. The molecule has 0 unspecified atom stereocenters. The van der Waals surface area contributed by atoms with E-state index in [2.05, 4.69) is 0 Å². The fraction of sp³-hybridized carbons (Fsp3) is 0.417. The molecule has 4 heteroatoms. The first-order valence-electron chi connectivity index (χ1n) is 5.02. The Labute approximate surface area is 96.4 Å². The molecule has 88 valence electrons. The summed E-state index contributed by atoms with van der Waals surface area (Å²) in [5, 5.41) is -0.823. The van der Waals surface area contributed by atoms with E-state index >= 15 is 0 Å². The molecule has 0 aromatic heterocycles. The summed E-state index contributed by atoms with van der Waals surface area (Å²) in [6.07, 6.45) is 0. The zero-order chi connectivity index (χ0) is 12.6. The van der Waals surface area contributed by atoms with Crippen molar-refractivity contribution in [3.8, 4) is 0 Å². The number of carbonyl (C=O) groups is 1. The van der Waals surface area contributed by atoms with Crippen molar-refractivity contribution in [2.75, 3.05) is 0 Å². The molecule has 1 aromatic carbocycles. The molecular weight excluding hydrogens is 224 g/mol. The molecule has 1 aromatic rings. The summed E-state index contributed by atoms with van der Waals surface area (Å²) in [5.41, 5.74) is 1.01. The number of benzene rings is 1. The maximum absolute atomic E-state index is 11.5. The van der Waals surface area contributed by atoms with Crippen LogP contribution in [0.2, 0.25) is 0 Å². The molecule has 0 aliphatic rings. The van der Waals surface area contributed by atoms with Crippen LogP contribution in [0.25, 0.3) is 0 Å². The van der Waals surface area contributed by atoms with Crippen molar-refractivity contribution in [1.29, 1.82) is 0 Å². The predicted octanol–water partition coefficient (Wildman–Crippen LogP) is 2.30. The maximum atomic E-state index is 11.5. The third-order valence-electron chi connectivity index (χ3n) is 2.41. The van der Waals surface area contributed by atoms with Crippen molar-refractivity contribution in [3.05, 3.63) is 29.8 Å². The quantitative estimate of drug-likeness (QED) is 0.757. The summed E-state index contributed by atoms with van der Waals surface area (Å²) in [7, 11) is -3.78. The van der Waals surface area contributed by atoms with Crippen LogP contribution in [0.15, 0.2) is 29.2 Å². The van der Waals surface area contributed by atoms with Crippen LogP contribution in [-0.2, 0) is 20.0 Å². The van der Waals surface area contributed by atoms with Gasteiger partial charge in [0.1, 0.15) is 0 Å². The van der Waals surface area contributed by atoms with E-state index in [-0.39, 0.29) is 10.3 Å². The molecule has 0 N–H and O–H groups in total. The van der Waals surface area contributed by atoms with E-state index in [0.29, 0.717) is 0 Å². The van der Waals surface area contributed by atoms with Crippen LogP contribution in [0.3, 0.4) is 0 Å². The molecule has 0 fully saturated rings. The largest absolute Gasteiger partial charge is 0.282 e. The van der Waals surface area contributed by atoms with Crippen LogP contribution >= 0.6 is 0 Å². The van der Waals surface area contributed by atoms with Gasteiger partial charge in [0.2, 0.25) is 15.0 Å². The van der Waals surface area contributed by atoms with Crippen LogP contribution in [0.4, 0.5) is 0 Å². The molecule has 0 aliphatic heterocycles. The summed E-state index contributed by atoms with van der Waals surface area (Å²) in [6.45, 7) is 7.19. The van der Waals surface area contributed by atoms with Gasteiger partial charge in [0, 0.05) is 6.92 Å². The molecule has 0 bridgehead atoms. The molecule has 1 rings (SSSR count). The first kappa shape index (κ1) is 12.9. The number of hydrogen-bond acceptors (Lipinski definition) is 3. The summed E-state index contributed by atoms with van der Waals surface area (Å²) in [5.74, 6) is 0. The van der Waals surface area contributed by atoms with E-state index in [1.807, 2.05) is 20.8 Å². The van der Waals surface area contributed by atoms with Gasteiger partial charge >= 0.3 is 0 Å². The lowest BCUT2D eigenvalue weighted by Gasteiger charge is -2.18. The van der Waals surface area contributed by atoms with Gasteiger partial charge in [-0.05, 0) is 23.1 Å². The second-order valence-corrected chi connectivity index (χ2v) is 6.82. The monoisotopic (exact) mass is 240 g/mol. The lowest BCUT2D eigenvalue weighted by atomic mass is 9.87. The van der Waals surface area contributed by atoms with Crippen molar-refractivity contribution in [2.45, 2.75) is 38.0 Å². The van der Waals surface area contributed by atoms with E-state index in [9.17, 15) is 13.2 Å². The summed E-state index contributed by atoms with van der Waals surface area (Å²) >= 11 is 0.